The molecule has 8 nitrogen and oxygen atoms in total. The molecular weight excluding hydrogens is 486 g/mol. The second kappa shape index (κ2) is 10.5. The largest absolute Gasteiger partial charge is 0.490 e. The van der Waals surface area contributed by atoms with Gasteiger partial charge in [0.2, 0.25) is 0 Å². The zero-order valence-electron chi connectivity index (χ0n) is 18.1. The number of halogens is 6. The number of aliphatic carboxylic acids is 1. The van der Waals surface area contributed by atoms with Crippen LogP contribution in [0.5, 0.6) is 0 Å². The SMILES string of the molecule is O=C(O)C(F)(F)F.O=C1c2c(N3CCOCC3)ccnc2CN1CCc1ccc(C(F)(F)F)cn1. The number of hydrogen-bond donors (Lipinski definition) is 1. The van der Waals surface area contributed by atoms with E-state index < -0.39 is 23.9 Å². The number of fused-ring (bicyclic) bond motifs is 1. The Hall–Kier alpha value is -3.42. The van der Waals surface area contributed by atoms with E-state index in [4.69, 9.17) is 14.6 Å². The number of anilines is 1. The number of nitrogens with zero attached hydrogens (tertiary/aromatic N) is 4. The summed E-state index contributed by atoms with van der Waals surface area (Å²) in [5.74, 6) is -2.86. The number of pyridine rings is 2. The van der Waals surface area contributed by atoms with Gasteiger partial charge in [-0.05, 0) is 18.2 Å². The maximum absolute atomic E-state index is 12.9. The molecule has 4 heterocycles. The van der Waals surface area contributed by atoms with Crippen LogP contribution in [0.15, 0.2) is 30.6 Å². The van der Waals surface area contributed by atoms with Crippen molar-refractivity contribution in [1.82, 2.24) is 14.9 Å². The van der Waals surface area contributed by atoms with Gasteiger partial charge < -0.3 is 19.6 Å². The summed E-state index contributed by atoms with van der Waals surface area (Å²) in [6.07, 6.45) is -6.57. The highest BCUT2D eigenvalue weighted by molar-refractivity contribution is 6.03. The lowest BCUT2D eigenvalue weighted by molar-refractivity contribution is -0.192. The highest BCUT2D eigenvalue weighted by atomic mass is 19.4. The Bertz CT molecular complexity index is 1050. The minimum atomic E-state index is -5.08. The van der Waals surface area contributed by atoms with E-state index in [1.54, 1.807) is 11.1 Å². The molecule has 1 saturated heterocycles. The molecule has 2 aromatic heterocycles. The zero-order chi connectivity index (χ0) is 25.8. The lowest BCUT2D eigenvalue weighted by Gasteiger charge is -2.30. The molecule has 1 amide bonds. The van der Waals surface area contributed by atoms with Gasteiger partial charge in [0.15, 0.2) is 0 Å². The van der Waals surface area contributed by atoms with Gasteiger partial charge >= 0.3 is 18.3 Å². The number of carboxylic acids is 1. The Labute approximate surface area is 195 Å². The van der Waals surface area contributed by atoms with Gasteiger partial charge in [0, 0.05) is 44.1 Å². The number of carbonyl (C=O) groups is 2. The molecule has 2 aromatic rings. The molecule has 0 bridgehead atoms. The van der Waals surface area contributed by atoms with Crippen LogP contribution >= 0.6 is 0 Å². The van der Waals surface area contributed by atoms with Crippen LogP contribution in [0.4, 0.5) is 32.0 Å². The molecule has 1 fully saturated rings. The van der Waals surface area contributed by atoms with Crippen LogP contribution in [0.25, 0.3) is 0 Å². The Kier molecular flexibility index (Phi) is 7.83. The van der Waals surface area contributed by atoms with Crippen molar-refractivity contribution in [1.29, 1.82) is 0 Å². The average Bonchev–Trinajstić information content (AvgIpc) is 3.13. The van der Waals surface area contributed by atoms with E-state index in [0.29, 0.717) is 44.0 Å². The Morgan fingerprint density at radius 2 is 1.71 bits per heavy atom. The third kappa shape index (κ3) is 6.59. The van der Waals surface area contributed by atoms with Crippen molar-refractivity contribution >= 4 is 17.6 Å². The first-order chi connectivity index (χ1) is 16.4. The summed E-state index contributed by atoms with van der Waals surface area (Å²) in [6, 6.07) is 4.22. The molecule has 35 heavy (non-hydrogen) atoms. The smallest absolute Gasteiger partial charge is 0.475 e. The standard InChI is InChI=1S/C19H19F3N4O2.C2HF3O2/c20-19(21,22)13-1-2-14(24-11-13)4-6-26-12-15-17(18(26)27)16(3-5-23-15)25-7-9-28-10-8-25;3-2(4,5)1(6)7/h1-3,5,11H,4,6-10,12H2;(H,6,7). The molecule has 0 radical (unpaired) electrons. The molecule has 0 saturated carbocycles. The normalized spacial score (nSPS) is 16.0. The molecule has 0 atom stereocenters. The lowest BCUT2D eigenvalue weighted by Crippen LogP contribution is -2.37. The highest BCUT2D eigenvalue weighted by Crippen LogP contribution is 2.31. The monoisotopic (exact) mass is 506 g/mol. The van der Waals surface area contributed by atoms with E-state index in [9.17, 15) is 31.1 Å². The van der Waals surface area contributed by atoms with Crippen molar-refractivity contribution in [2.45, 2.75) is 25.3 Å². The Morgan fingerprint density at radius 1 is 1.06 bits per heavy atom. The van der Waals surface area contributed by atoms with Crippen LogP contribution in [-0.4, -0.2) is 70.9 Å². The van der Waals surface area contributed by atoms with E-state index in [1.807, 2.05) is 6.07 Å². The second-order valence-electron chi connectivity index (χ2n) is 7.57. The quantitative estimate of drug-likeness (QED) is 0.637. The van der Waals surface area contributed by atoms with Gasteiger partial charge in [-0.15, -0.1) is 0 Å². The molecule has 0 aromatic carbocycles. The number of rotatable bonds is 4. The third-order valence-electron chi connectivity index (χ3n) is 5.23. The fraction of sp³-hybridized carbons (Fsp3) is 0.429. The summed E-state index contributed by atoms with van der Waals surface area (Å²) in [4.78, 5) is 33.8. The maximum Gasteiger partial charge on any atom is 0.490 e. The predicted octanol–water partition coefficient (Wildman–Crippen LogP) is 3.16. The van der Waals surface area contributed by atoms with E-state index in [1.165, 1.54) is 6.07 Å². The second-order valence-corrected chi connectivity index (χ2v) is 7.57. The highest BCUT2D eigenvalue weighted by Gasteiger charge is 2.38. The minimum Gasteiger partial charge on any atom is -0.475 e. The Morgan fingerprint density at radius 3 is 2.26 bits per heavy atom. The van der Waals surface area contributed by atoms with Gasteiger partial charge in [-0.25, -0.2) is 4.79 Å². The number of ether oxygens (including phenoxy) is 1. The number of alkyl halides is 6. The number of carbonyl (C=O) groups excluding carboxylic acids is 1. The lowest BCUT2D eigenvalue weighted by atomic mass is 10.1. The third-order valence-corrected chi connectivity index (χ3v) is 5.23. The zero-order valence-corrected chi connectivity index (χ0v) is 18.1. The topological polar surface area (TPSA) is 95.9 Å². The fourth-order valence-corrected chi connectivity index (χ4v) is 3.50. The number of carboxylic acid groups (broad SMARTS) is 1. The van der Waals surface area contributed by atoms with Crippen molar-refractivity contribution < 1.29 is 45.8 Å². The molecule has 14 heteroatoms. The number of amides is 1. The van der Waals surface area contributed by atoms with Gasteiger partial charge in [-0.3, -0.25) is 14.8 Å². The van der Waals surface area contributed by atoms with Crippen molar-refractivity contribution in [2.24, 2.45) is 0 Å². The van der Waals surface area contributed by atoms with Crippen molar-refractivity contribution in [3.8, 4) is 0 Å². The predicted molar refractivity (Wildman–Crippen MR) is 109 cm³/mol. The van der Waals surface area contributed by atoms with Crippen LogP contribution in [0, 0.1) is 0 Å². The molecule has 0 unspecified atom stereocenters. The first-order valence-electron chi connectivity index (χ1n) is 10.3. The first-order valence-corrected chi connectivity index (χ1v) is 10.3. The summed E-state index contributed by atoms with van der Waals surface area (Å²) in [7, 11) is 0. The summed E-state index contributed by atoms with van der Waals surface area (Å²) < 4.78 is 75.0. The summed E-state index contributed by atoms with van der Waals surface area (Å²) in [6.45, 7) is 3.45. The molecule has 4 rings (SSSR count). The molecule has 1 N–H and O–H groups in total. The summed E-state index contributed by atoms with van der Waals surface area (Å²) >= 11 is 0. The number of morpholine rings is 1. The number of hydrogen-bond acceptors (Lipinski definition) is 6. The Balaban J connectivity index is 0.000000429. The summed E-state index contributed by atoms with van der Waals surface area (Å²) in [5.41, 5.74) is 1.95. The molecule has 2 aliphatic heterocycles. The summed E-state index contributed by atoms with van der Waals surface area (Å²) in [5, 5.41) is 7.12. The average molecular weight is 506 g/mol. The van der Waals surface area contributed by atoms with Crippen LogP contribution in [-0.2, 0) is 28.7 Å². The van der Waals surface area contributed by atoms with Gasteiger partial charge in [0.25, 0.3) is 5.91 Å². The van der Waals surface area contributed by atoms with Gasteiger partial charge in [-0.1, -0.05) is 0 Å². The van der Waals surface area contributed by atoms with Crippen LogP contribution in [0.2, 0.25) is 0 Å². The molecule has 0 aliphatic carbocycles. The molecule has 2 aliphatic rings. The van der Waals surface area contributed by atoms with E-state index in [-0.39, 0.29) is 5.91 Å². The van der Waals surface area contributed by atoms with Crippen molar-refractivity contribution in [3.05, 3.63) is 53.1 Å². The van der Waals surface area contributed by atoms with Crippen molar-refractivity contribution in [3.63, 3.8) is 0 Å². The van der Waals surface area contributed by atoms with Gasteiger partial charge in [0.05, 0.1) is 42.3 Å². The van der Waals surface area contributed by atoms with Gasteiger partial charge in [0.1, 0.15) is 0 Å². The molecule has 190 valence electrons. The van der Waals surface area contributed by atoms with Gasteiger partial charge in [-0.2, -0.15) is 26.3 Å². The number of aromatic nitrogens is 2. The van der Waals surface area contributed by atoms with Crippen molar-refractivity contribution in [2.75, 3.05) is 37.7 Å². The first kappa shape index (κ1) is 26.2. The minimum absolute atomic E-state index is 0.100. The van der Waals surface area contributed by atoms with Crippen LogP contribution in [0.1, 0.15) is 27.3 Å². The van der Waals surface area contributed by atoms with E-state index >= 15 is 0 Å². The van der Waals surface area contributed by atoms with Crippen LogP contribution < -0.4 is 4.90 Å². The maximum atomic E-state index is 12.9. The fourth-order valence-electron chi connectivity index (χ4n) is 3.50. The van der Waals surface area contributed by atoms with E-state index in [2.05, 4.69) is 14.9 Å². The van der Waals surface area contributed by atoms with Crippen LogP contribution in [0.3, 0.4) is 0 Å². The van der Waals surface area contributed by atoms with E-state index in [0.717, 1.165) is 36.7 Å². The molecular formula is C21H20F6N4O4. The molecule has 0 spiro atoms.